The van der Waals surface area contributed by atoms with Crippen LogP contribution in [-0.2, 0) is 16.0 Å². The number of carbonyl (C=O) groups excluding carboxylic acids is 2. The van der Waals surface area contributed by atoms with Gasteiger partial charge in [-0.3, -0.25) is 4.79 Å². The molecule has 2 rings (SSSR count). The molecule has 0 aliphatic heterocycles. The third-order valence-corrected chi connectivity index (χ3v) is 3.94. The molecule has 0 atom stereocenters. The lowest BCUT2D eigenvalue weighted by molar-refractivity contribution is -0.124. The van der Waals surface area contributed by atoms with Gasteiger partial charge in [0, 0.05) is 11.6 Å². The van der Waals surface area contributed by atoms with E-state index in [0.717, 1.165) is 11.3 Å². The van der Waals surface area contributed by atoms with Crippen molar-refractivity contribution < 1.29 is 19.1 Å². The van der Waals surface area contributed by atoms with E-state index < -0.39 is 5.97 Å². The minimum atomic E-state index is -0.696. The number of nitrogens with one attached hydrogen (secondary N) is 1. The minimum Gasteiger partial charge on any atom is -0.497 e. The number of halogens is 2. The Morgan fingerprint density at radius 3 is 2.48 bits per heavy atom. The van der Waals surface area contributed by atoms with Gasteiger partial charge in [-0.2, -0.15) is 0 Å². The predicted molar refractivity (Wildman–Crippen MR) is 96.5 cm³/mol. The largest absolute Gasteiger partial charge is 0.497 e. The van der Waals surface area contributed by atoms with Crippen LogP contribution >= 0.6 is 23.2 Å². The maximum Gasteiger partial charge on any atom is 0.340 e. The Morgan fingerprint density at radius 1 is 1.08 bits per heavy atom. The second kappa shape index (κ2) is 9.30. The van der Waals surface area contributed by atoms with E-state index in [1.165, 1.54) is 12.1 Å². The standard InChI is InChI=1S/C18H17Cl2NO4/c1-24-14-5-2-12(3-6-14)8-9-21-17(22)11-25-18(23)15-10-13(19)4-7-16(15)20/h2-7,10H,8-9,11H2,1H3,(H,21,22). The van der Waals surface area contributed by atoms with Gasteiger partial charge in [-0.05, 0) is 42.3 Å². The van der Waals surface area contributed by atoms with Gasteiger partial charge in [0.05, 0.1) is 17.7 Å². The first-order valence-corrected chi connectivity index (χ1v) is 8.27. The average Bonchev–Trinajstić information content (AvgIpc) is 2.62. The molecular formula is C18H17Cl2NO4. The van der Waals surface area contributed by atoms with Gasteiger partial charge in [0.25, 0.3) is 5.91 Å². The number of amides is 1. The third-order valence-electron chi connectivity index (χ3n) is 3.38. The summed E-state index contributed by atoms with van der Waals surface area (Å²) in [6.07, 6.45) is 0.657. The topological polar surface area (TPSA) is 64.6 Å². The Labute approximate surface area is 155 Å². The normalized spacial score (nSPS) is 10.2. The highest BCUT2D eigenvalue weighted by Crippen LogP contribution is 2.21. The van der Waals surface area contributed by atoms with Crippen molar-refractivity contribution >= 4 is 35.1 Å². The highest BCUT2D eigenvalue weighted by Gasteiger charge is 2.14. The molecule has 2 aromatic rings. The zero-order valence-corrected chi connectivity index (χ0v) is 15.1. The lowest BCUT2D eigenvalue weighted by Crippen LogP contribution is -2.30. The van der Waals surface area contributed by atoms with Gasteiger partial charge >= 0.3 is 5.97 Å². The lowest BCUT2D eigenvalue weighted by atomic mass is 10.1. The van der Waals surface area contributed by atoms with E-state index in [2.05, 4.69) is 5.32 Å². The number of carbonyl (C=O) groups is 2. The van der Waals surface area contributed by atoms with E-state index in [-0.39, 0.29) is 23.1 Å². The molecule has 0 heterocycles. The fourth-order valence-electron chi connectivity index (χ4n) is 2.05. The molecule has 0 aliphatic carbocycles. The van der Waals surface area contributed by atoms with Crippen LogP contribution in [0.1, 0.15) is 15.9 Å². The van der Waals surface area contributed by atoms with Crippen molar-refractivity contribution in [2.75, 3.05) is 20.3 Å². The van der Waals surface area contributed by atoms with Crippen molar-refractivity contribution in [3.63, 3.8) is 0 Å². The number of methoxy groups -OCH3 is 1. The minimum absolute atomic E-state index is 0.125. The van der Waals surface area contributed by atoms with E-state index in [9.17, 15) is 9.59 Å². The van der Waals surface area contributed by atoms with Gasteiger partial charge in [-0.25, -0.2) is 4.79 Å². The number of hydrogen-bond acceptors (Lipinski definition) is 4. The number of rotatable bonds is 7. The maximum atomic E-state index is 11.9. The van der Waals surface area contributed by atoms with Gasteiger partial charge in [0.2, 0.25) is 0 Å². The van der Waals surface area contributed by atoms with Crippen molar-refractivity contribution in [3.8, 4) is 5.75 Å². The summed E-state index contributed by atoms with van der Waals surface area (Å²) < 4.78 is 10.0. The van der Waals surface area contributed by atoms with Crippen LogP contribution in [-0.4, -0.2) is 32.1 Å². The molecule has 0 fully saturated rings. The highest BCUT2D eigenvalue weighted by atomic mass is 35.5. The molecule has 7 heteroatoms. The van der Waals surface area contributed by atoms with Crippen molar-refractivity contribution in [2.45, 2.75) is 6.42 Å². The van der Waals surface area contributed by atoms with Gasteiger partial charge in [-0.1, -0.05) is 35.3 Å². The molecule has 132 valence electrons. The molecular weight excluding hydrogens is 365 g/mol. The SMILES string of the molecule is COc1ccc(CCNC(=O)COC(=O)c2cc(Cl)ccc2Cl)cc1. The summed E-state index contributed by atoms with van der Waals surface area (Å²) >= 11 is 11.7. The quantitative estimate of drug-likeness (QED) is 0.745. The van der Waals surface area contributed by atoms with Crippen molar-refractivity contribution in [3.05, 3.63) is 63.6 Å². The molecule has 0 radical (unpaired) electrons. The molecule has 25 heavy (non-hydrogen) atoms. The van der Waals surface area contributed by atoms with Crippen LogP contribution in [0.5, 0.6) is 5.75 Å². The van der Waals surface area contributed by atoms with E-state index in [0.29, 0.717) is 18.0 Å². The molecule has 0 spiro atoms. The monoisotopic (exact) mass is 381 g/mol. The first kappa shape index (κ1) is 19.1. The first-order valence-electron chi connectivity index (χ1n) is 7.51. The van der Waals surface area contributed by atoms with E-state index in [1.54, 1.807) is 13.2 Å². The zero-order valence-electron chi connectivity index (χ0n) is 13.6. The molecule has 0 unspecified atom stereocenters. The van der Waals surface area contributed by atoms with Crippen LogP contribution < -0.4 is 10.1 Å². The molecule has 5 nitrogen and oxygen atoms in total. The Balaban J connectivity index is 1.74. The Kier molecular flexibility index (Phi) is 7.10. The first-order chi connectivity index (χ1) is 12.0. The van der Waals surface area contributed by atoms with Crippen molar-refractivity contribution in [1.29, 1.82) is 0 Å². The van der Waals surface area contributed by atoms with E-state index in [1.807, 2.05) is 24.3 Å². The number of ether oxygens (including phenoxy) is 2. The lowest BCUT2D eigenvalue weighted by Gasteiger charge is -2.08. The summed E-state index contributed by atoms with van der Waals surface area (Å²) in [5.74, 6) is -0.308. The van der Waals surface area contributed by atoms with Crippen LogP contribution in [0.25, 0.3) is 0 Å². The maximum absolute atomic E-state index is 11.9. The fourth-order valence-corrected chi connectivity index (χ4v) is 2.42. The second-order valence-electron chi connectivity index (χ2n) is 5.15. The number of hydrogen-bond donors (Lipinski definition) is 1. The van der Waals surface area contributed by atoms with Crippen molar-refractivity contribution in [1.82, 2.24) is 5.32 Å². The fraction of sp³-hybridized carbons (Fsp3) is 0.222. The van der Waals surface area contributed by atoms with Crippen LogP contribution in [0, 0.1) is 0 Å². The summed E-state index contributed by atoms with van der Waals surface area (Å²) in [5.41, 5.74) is 1.18. The third kappa shape index (κ3) is 5.96. The average molecular weight is 382 g/mol. The molecule has 0 saturated heterocycles. The Morgan fingerprint density at radius 2 is 1.80 bits per heavy atom. The Hall–Kier alpha value is -2.24. The second-order valence-corrected chi connectivity index (χ2v) is 5.99. The molecule has 1 N–H and O–H groups in total. The molecule has 1 amide bonds. The zero-order chi connectivity index (χ0) is 18.2. The molecule has 0 bridgehead atoms. The summed E-state index contributed by atoms with van der Waals surface area (Å²) in [7, 11) is 1.60. The highest BCUT2D eigenvalue weighted by molar-refractivity contribution is 6.35. The summed E-state index contributed by atoms with van der Waals surface area (Å²) in [5, 5.41) is 3.26. The number of esters is 1. The van der Waals surface area contributed by atoms with Crippen molar-refractivity contribution in [2.24, 2.45) is 0 Å². The number of benzene rings is 2. The van der Waals surface area contributed by atoms with Crippen LogP contribution in [0.2, 0.25) is 10.0 Å². The van der Waals surface area contributed by atoms with Gasteiger partial charge < -0.3 is 14.8 Å². The molecule has 0 aliphatic rings. The van der Waals surface area contributed by atoms with E-state index in [4.69, 9.17) is 32.7 Å². The van der Waals surface area contributed by atoms with Gasteiger partial charge in [-0.15, -0.1) is 0 Å². The summed E-state index contributed by atoms with van der Waals surface area (Å²) in [6.45, 7) is 0.0465. The molecule has 0 aromatic heterocycles. The van der Waals surface area contributed by atoms with E-state index >= 15 is 0 Å². The smallest absolute Gasteiger partial charge is 0.340 e. The Bertz CT molecular complexity index is 747. The van der Waals surface area contributed by atoms with Crippen LogP contribution in [0.15, 0.2) is 42.5 Å². The predicted octanol–water partition coefficient (Wildman–Crippen LogP) is 3.52. The van der Waals surface area contributed by atoms with Gasteiger partial charge in [0.1, 0.15) is 5.75 Å². The van der Waals surface area contributed by atoms with Gasteiger partial charge in [0.15, 0.2) is 6.61 Å². The molecule has 0 saturated carbocycles. The van der Waals surface area contributed by atoms with Crippen LogP contribution in [0.4, 0.5) is 0 Å². The summed E-state index contributed by atoms with van der Waals surface area (Å²) in [4.78, 5) is 23.7. The molecule has 2 aromatic carbocycles. The van der Waals surface area contributed by atoms with Crippen LogP contribution in [0.3, 0.4) is 0 Å². The summed E-state index contributed by atoms with van der Waals surface area (Å²) in [6, 6.07) is 12.0.